The lowest BCUT2D eigenvalue weighted by Gasteiger charge is -2.26. The number of hydrogen-bond acceptors (Lipinski definition) is 6. The van der Waals surface area contributed by atoms with E-state index in [4.69, 9.17) is 9.47 Å². The van der Waals surface area contributed by atoms with E-state index < -0.39 is 23.0 Å². The Morgan fingerprint density at radius 3 is 2.38 bits per heavy atom. The van der Waals surface area contributed by atoms with Crippen LogP contribution in [0.4, 0.5) is 16.2 Å². The van der Waals surface area contributed by atoms with Crippen molar-refractivity contribution in [2.24, 2.45) is 0 Å². The van der Waals surface area contributed by atoms with Gasteiger partial charge in [0.15, 0.2) is 0 Å². The Kier molecular flexibility index (Phi) is 6.11. The molecule has 0 saturated carbocycles. The predicted octanol–water partition coefficient (Wildman–Crippen LogP) is 3.66. The van der Waals surface area contributed by atoms with Gasteiger partial charge in [-0.25, -0.2) is 9.59 Å². The van der Waals surface area contributed by atoms with Crippen molar-refractivity contribution in [1.29, 1.82) is 0 Å². The first-order valence-corrected chi connectivity index (χ1v) is 8.21. The Morgan fingerprint density at radius 1 is 1.12 bits per heavy atom. The van der Waals surface area contributed by atoms with Crippen molar-refractivity contribution >= 4 is 34.2 Å². The molecule has 8 heteroatoms. The van der Waals surface area contributed by atoms with E-state index in [2.05, 4.69) is 0 Å². The fourth-order valence-corrected chi connectivity index (χ4v) is 2.66. The summed E-state index contributed by atoms with van der Waals surface area (Å²) in [4.78, 5) is 36.8. The molecule has 0 N–H and O–H groups in total. The van der Waals surface area contributed by atoms with Gasteiger partial charge in [-0.3, -0.25) is 15.0 Å². The second kappa shape index (κ2) is 8.28. The number of esters is 1. The number of anilines is 1. The normalized spacial score (nSPS) is 11.7. The molecule has 0 saturated heterocycles. The van der Waals surface area contributed by atoms with E-state index >= 15 is 0 Å². The summed E-state index contributed by atoms with van der Waals surface area (Å²) >= 11 is 0. The maximum Gasteiger partial charge on any atom is 0.415 e. The molecule has 0 radical (unpaired) electrons. The quantitative estimate of drug-likeness (QED) is 0.443. The van der Waals surface area contributed by atoms with E-state index in [1.165, 1.54) is 13.0 Å². The molecule has 0 spiro atoms. The van der Waals surface area contributed by atoms with Crippen LogP contribution in [0.25, 0.3) is 10.8 Å². The number of nitrogens with zero attached hydrogens (tertiary/aromatic N) is 2. The molecule has 26 heavy (non-hydrogen) atoms. The number of benzene rings is 2. The Balaban J connectivity index is 2.67. The number of carbonyl (C=O) groups is 2. The second-order valence-electron chi connectivity index (χ2n) is 5.41. The van der Waals surface area contributed by atoms with Crippen molar-refractivity contribution in [3.63, 3.8) is 0 Å². The first-order chi connectivity index (χ1) is 12.4. The highest BCUT2D eigenvalue weighted by molar-refractivity contribution is 6.04. The Labute approximate surface area is 150 Å². The highest BCUT2D eigenvalue weighted by Gasteiger charge is 2.35. The van der Waals surface area contributed by atoms with Crippen molar-refractivity contribution in [3.8, 4) is 0 Å². The van der Waals surface area contributed by atoms with Crippen LogP contribution in [0.1, 0.15) is 20.8 Å². The van der Waals surface area contributed by atoms with Gasteiger partial charge in [-0.2, -0.15) is 0 Å². The maximum atomic E-state index is 12.5. The second-order valence-corrected chi connectivity index (χ2v) is 5.41. The van der Waals surface area contributed by atoms with Crippen LogP contribution in [0.5, 0.6) is 0 Å². The molecule has 0 aliphatic heterocycles. The van der Waals surface area contributed by atoms with Gasteiger partial charge in [0.05, 0.1) is 23.5 Å². The molecule has 1 unspecified atom stereocenters. The van der Waals surface area contributed by atoms with Crippen molar-refractivity contribution in [1.82, 2.24) is 0 Å². The summed E-state index contributed by atoms with van der Waals surface area (Å²) in [6.07, 6.45) is -0.855. The Hall–Kier alpha value is -3.16. The predicted molar refractivity (Wildman–Crippen MR) is 96.2 cm³/mol. The molecule has 8 nitrogen and oxygen atoms in total. The van der Waals surface area contributed by atoms with Crippen molar-refractivity contribution in [3.05, 3.63) is 46.5 Å². The fraction of sp³-hybridized carbons (Fsp3) is 0.333. The van der Waals surface area contributed by atoms with E-state index in [9.17, 15) is 19.7 Å². The molecule has 138 valence electrons. The average Bonchev–Trinajstić information content (AvgIpc) is 2.61. The third kappa shape index (κ3) is 3.74. The summed E-state index contributed by atoms with van der Waals surface area (Å²) in [5.74, 6) is -0.678. The molecule has 0 heterocycles. The zero-order valence-electron chi connectivity index (χ0n) is 14.8. The molecular weight excluding hydrogens is 340 g/mol. The molecule has 1 atom stereocenters. The number of rotatable bonds is 6. The van der Waals surface area contributed by atoms with Gasteiger partial charge in [0.2, 0.25) is 0 Å². The van der Waals surface area contributed by atoms with Gasteiger partial charge in [-0.1, -0.05) is 24.3 Å². The van der Waals surface area contributed by atoms with Crippen molar-refractivity contribution in [2.75, 3.05) is 18.1 Å². The summed E-state index contributed by atoms with van der Waals surface area (Å²) in [6, 6.07) is 8.76. The van der Waals surface area contributed by atoms with Gasteiger partial charge < -0.3 is 9.47 Å². The fourth-order valence-electron chi connectivity index (χ4n) is 2.66. The van der Waals surface area contributed by atoms with Gasteiger partial charge in [-0.05, 0) is 38.3 Å². The maximum absolute atomic E-state index is 12.5. The zero-order chi connectivity index (χ0) is 19.3. The number of fused-ring (bicyclic) bond motifs is 1. The molecule has 0 fully saturated rings. The minimum atomic E-state index is -1.09. The van der Waals surface area contributed by atoms with Gasteiger partial charge in [0.25, 0.3) is 0 Å². The van der Waals surface area contributed by atoms with Gasteiger partial charge in [0, 0.05) is 0 Å². The summed E-state index contributed by atoms with van der Waals surface area (Å²) < 4.78 is 9.98. The van der Waals surface area contributed by atoms with E-state index in [0.29, 0.717) is 10.8 Å². The summed E-state index contributed by atoms with van der Waals surface area (Å²) in [7, 11) is 0. The number of carbonyl (C=O) groups excluding carboxylic acids is 2. The van der Waals surface area contributed by atoms with Crippen LogP contribution in [-0.4, -0.2) is 36.2 Å². The summed E-state index contributed by atoms with van der Waals surface area (Å²) in [5.41, 5.74) is -0.292. The van der Waals surface area contributed by atoms with Crippen molar-refractivity contribution in [2.45, 2.75) is 26.8 Å². The zero-order valence-corrected chi connectivity index (χ0v) is 14.8. The van der Waals surface area contributed by atoms with Gasteiger partial charge in [0.1, 0.15) is 11.7 Å². The molecule has 2 aromatic rings. The lowest BCUT2D eigenvalue weighted by Crippen LogP contribution is -2.45. The minimum Gasteiger partial charge on any atom is -0.464 e. The van der Waals surface area contributed by atoms with E-state index in [0.717, 1.165) is 4.90 Å². The van der Waals surface area contributed by atoms with Crippen LogP contribution in [0.3, 0.4) is 0 Å². The molecule has 2 rings (SSSR count). The van der Waals surface area contributed by atoms with E-state index in [1.807, 2.05) is 0 Å². The van der Waals surface area contributed by atoms with Crippen LogP contribution in [0.2, 0.25) is 0 Å². The van der Waals surface area contributed by atoms with Crippen LogP contribution in [0, 0.1) is 10.1 Å². The average molecular weight is 360 g/mol. The molecular formula is C18H20N2O6. The van der Waals surface area contributed by atoms with Gasteiger partial charge >= 0.3 is 17.7 Å². The molecule has 0 aromatic heterocycles. The largest absolute Gasteiger partial charge is 0.464 e. The lowest BCUT2D eigenvalue weighted by molar-refractivity contribution is -0.382. The number of ether oxygens (including phenoxy) is 2. The Bertz CT molecular complexity index is 836. The lowest BCUT2D eigenvalue weighted by atomic mass is 10.1. The molecule has 0 bridgehead atoms. The van der Waals surface area contributed by atoms with Crippen LogP contribution in [0.15, 0.2) is 36.4 Å². The van der Waals surface area contributed by atoms with E-state index in [1.54, 1.807) is 44.2 Å². The third-order valence-electron chi connectivity index (χ3n) is 3.80. The SMILES string of the molecule is CCOC(=O)C(C)N(C(=O)OCC)c1ccc2ccccc2c1[N+](=O)[O-]. The first-order valence-electron chi connectivity index (χ1n) is 8.21. The summed E-state index contributed by atoms with van der Waals surface area (Å²) in [5, 5.41) is 12.8. The highest BCUT2D eigenvalue weighted by Crippen LogP contribution is 2.37. The monoisotopic (exact) mass is 360 g/mol. The first kappa shape index (κ1) is 19.2. The number of hydrogen-bond donors (Lipinski definition) is 0. The standard InChI is InChI=1S/C18H20N2O6/c1-4-25-17(21)12(3)19(18(22)26-5-2)15-11-10-13-8-6-7-9-14(13)16(15)20(23)24/h6-12H,4-5H2,1-3H3. The third-order valence-corrected chi connectivity index (χ3v) is 3.80. The smallest absolute Gasteiger partial charge is 0.415 e. The number of nitro benzene ring substituents is 1. The van der Waals surface area contributed by atoms with E-state index in [-0.39, 0.29) is 24.6 Å². The molecule has 2 aromatic carbocycles. The number of amides is 1. The molecule has 0 aliphatic rings. The number of nitro groups is 1. The molecule has 0 aliphatic carbocycles. The topological polar surface area (TPSA) is 99.0 Å². The van der Waals surface area contributed by atoms with Crippen LogP contribution in [-0.2, 0) is 14.3 Å². The highest BCUT2D eigenvalue weighted by atomic mass is 16.6. The minimum absolute atomic E-state index is 0.0206. The Morgan fingerprint density at radius 2 is 1.77 bits per heavy atom. The summed E-state index contributed by atoms with van der Waals surface area (Å²) in [6.45, 7) is 4.87. The van der Waals surface area contributed by atoms with Crippen LogP contribution >= 0.6 is 0 Å². The van der Waals surface area contributed by atoms with Crippen LogP contribution < -0.4 is 4.90 Å². The molecule has 1 amide bonds. The van der Waals surface area contributed by atoms with Crippen molar-refractivity contribution < 1.29 is 24.0 Å². The van der Waals surface area contributed by atoms with Gasteiger partial charge in [-0.15, -0.1) is 0 Å².